The van der Waals surface area contributed by atoms with Gasteiger partial charge in [0.1, 0.15) is 5.52 Å². The Morgan fingerprint density at radius 3 is 2.67 bits per heavy atom. The Balaban J connectivity index is 1.70. The second kappa shape index (κ2) is 7.00. The number of aromatic nitrogens is 1. The van der Waals surface area contributed by atoms with Crippen LogP contribution in [0.5, 0.6) is 0 Å². The molecule has 0 unspecified atom stereocenters. The number of hydrogen-bond acceptors (Lipinski definition) is 3. The first kappa shape index (κ1) is 17.5. The number of nitrogens with zero attached hydrogens (tertiary/aromatic N) is 1. The molecule has 0 bridgehead atoms. The van der Waals surface area contributed by atoms with Gasteiger partial charge in [0.2, 0.25) is 5.89 Å². The summed E-state index contributed by atoms with van der Waals surface area (Å²) in [5.74, 6) is 0.376. The first-order valence-electron chi connectivity index (χ1n) is 8.56. The Kier molecular flexibility index (Phi) is 4.54. The van der Waals surface area contributed by atoms with Gasteiger partial charge in [-0.3, -0.25) is 4.79 Å². The molecule has 0 aliphatic heterocycles. The van der Waals surface area contributed by atoms with Crippen molar-refractivity contribution in [2.24, 2.45) is 0 Å². The van der Waals surface area contributed by atoms with Crippen LogP contribution in [0.3, 0.4) is 0 Å². The first-order valence-corrected chi connectivity index (χ1v) is 9.35. The molecule has 4 nitrogen and oxygen atoms in total. The van der Waals surface area contributed by atoms with E-state index in [1.54, 1.807) is 6.07 Å². The van der Waals surface area contributed by atoms with Crippen LogP contribution in [0.15, 0.2) is 69.6 Å². The highest BCUT2D eigenvalue weighted by atomic mass is 79.9. The summed E-state index contributed by atoms with van der Waals surface area (Å²) in [6, 6.07) is 19.0. The van der Waals surface area contributed by atoms with Crippen molar-refractivity contribution in [3.8, 4) is 11.5 Å². The van der Waals surface area contributed by atoms with E-state index in [1.165, 1.54) is 0 Å². The van der Waals surface area contributed by atoms with Crippen molar-refractivity contribution in [2.45, 2.75) is 13.8 Å². The van der Waals surface area contributed by atoms with Gasteiger partial charge in [0, 0.05) is 15.7 Å². The molecule has 0 spiro atoms. The van der Waals surface area contributed by atoms with Crippen molar-refractivity contribution in [1.82, 2.24) is 4.98 Å². The van der Waals surface area contributed by atoms with Gasteiger partial charge in [-0.15, -0.1) is 0 Å². The lowest BCUT2D eigenvalue weighted by atomic mass is 10.1. The van der Waals surface area contributed by atoms with Gasteiger partial charge in [0.25, 0.3) is 5.91 Å². The lowest BCUT2D eigenvalue weighted by Gasteiger charge is -2.11. The van der Waals surface area contributed by atoms with E-state index in [2.05, 4.69) is 26.2 Å². The molecule has 4 rings (SSSR count). The smallest absolute Gasteiger partial charge is 0.256 e. The topological polar surface area (TPSA) is 55.1 Å². The third kappa shape index (κ3) is 3.38. The summed E-state index contributed by atoms with van der Waals surface area (Å²) in [7, 11) is 0. The van der Waals surface area contributed by atoms with Gasteiger partial charge in [0.05, 0.1) is 5.56 Å². The fourth-order valence-corrected chi connectivity index (χ4v) is 3.46. The van der Waals surface area contributed by atoms with Crippen LogP contribution in [0.4, 0.5) is 5.69 Å². The van der Waals surface area contributed by atoms with Crippen LogP contribution in [0.25, 0.3) is 22.6 Å². The summed E-state index contributed by atoms with van der Waals surface area (Å²) in [6.07, 6.45) is 0. The highest BCUT2D eigenvalue weighted by molar-refractivity contribution is 9.10. The molecule has 0 atom stereocenters. The van der Waals surface area contributed by atoms with Crippen LogP contribution < -0.4 is 5.32 Å². The minimum Gasteiger partial charge on any atom is -0.436 e. The molecule has 0 aliphatic rings. The SMILES string of the molecule is Cc1ccc2oc(-c3cccc(NC(=O)c4ccccc4Br)c3C)nc2c1. The Hall–Kier alpha value is -2.92. The molecule has 1 heterocycles. The Morgan fingerprint density at radius 1 is 1.04 bits per heavy atom. The lowest BCUT2D eigenvalue weighted by molar-refractivity contribution is 0.102. The first-order chi connectivity index (χ1) is 13.0. The largest absolute Gasteiger partial charge is 0.436 e. The number of fused-ring (bicyclic) bond motifs is 1. The predicted molar refractivity (Wildman–Crippen MR) is 111 cm³/mol. The number of anilines is 1. The number of aryl methyl sites for hydroxylation is 1. The van der Waals surface area contributed by atoms with E-state index in [1.807, 2.05) is 68.4 Å². The minimum atomic E-state index is -0.170. The summed E-state index contributed by atoms with van der Waals surface area (Å²) in [5, 5.41) is 2.98. The van der Waals surface area contributed by atoms with Gasteiger partial charge in [0.15, 0.2) is 5.58 Å². The maximum Gasteiger partial charge on any atom is 0.256 e. The number of carbonyl (C=O) groups is 1. The Labute approximate surface area is 165 Å². The summed E-state index contributed by atoms with van der Waals surface area (Å²) >= 11 is 3.42. The van der Waals surface area contributed by atoms with E-state index in [4.69, 9.17) is 4.42 Å². The monoisotopic (exact) mass is 420 g/mol. The van der Waals surface area contributed by atoms with E-state index in [0.717, 1.165) is 38.0 Å². The zero-order valence-electron chi connectivity index (χ0n) is 14.9. The molecule has 0 aliphatic carbocycles. The summed E-state index contributed by atoms with van der Waals surface area (Å²) in [5.41, 5.74) is 5.78. The van der Waals surface area contributed by atoms with Crippen molar-refractivity contribution in [2.75, 3.05) is 5.32 Å². The highest BCUT2D eigenvalue weighted by Gasteiger charge is 2.15. The molecule has 27 heavy (non-hydrogen) atoms. The number of hydrogen-bond donors (Lipinski definition) is 1. The normalized spacial score (nSPS) is 10.9. The average molecular weight is 421 g/mol. The van der Waals surface area contributed by atoms with Gasteiger partial charge in [-0.1, -0.05) is 24.3 Å². The third-order valence-corrected chi connectivity index (χ3v) is 5.17. The van der Waals surface area contributed by atoms with Crippen molar-refractivity contribution in [3.63, 3.8) is 0 Å². The number of benzene rings is 3. The van der Waals surface area contributed by atoms with Gasteiger partial charge >= 0.3 is 0 Å². The number of carbonyl (C=O) groups excluding carboxylic acids is 1. The van der Waals surface area contributed by atoms with Crippen LogP contribution in [-0.2, 0) is 0 Å². The van der Waals surface area contributed by atoms with Gasteiger partial charge in [-0.25, -0.2) is 4.98 Å². The molecule has 0 saturated heterocycles. The van der Waals surface area contributed by atoms with Gasteiger partial charge < -0.3 is 9.73 Å². The predicted octanol–water partition coefficient (Wildman–Crippen LogP) is 6.13. The molecule has 1 amide bonds. The third-order valence-electron chi connectivity index (χ3n) is 4.47. The van der Waals surface area contributed by atoms with Crippen molar-refractivity contribution in [1.29, 1.82) is 0 Å². The number of oxazole rings is 1. The maximum atomic E-state index is 12.6. The molecule has 4 aromatic rings. The number of amides is 1. The van der Waals surface area contributed by atoms with Crippen LogP contribution >= 0.6 is 15.9 Å². The average Bonchev–Trinajstić information content (AvgIpc) is 3.06. The van der Waals surface area contributed by atoms with Gasteiger partial charge in [-0.2, -0.15) is 0 Å². The number of nitrogens with one attached hydrogen (secondary N) is 1. The van der Waals surface area contributed by atoms with Crippen LogP contribution in [0.2, 0.25) is 0 Å². The van der Waals surface area contributed by atoms with Gasteiger partial charge in [-0.05, 0) is 77.3 Å². The van der Waals surface area contributed by atoms with E-state index in [-0.39, 0.29) is 5.91 Å². The molecule has 1 aromatic heterocycles. The van der Waals surface area contributed by atoms with Crippen LogP contribution in [0, 0.1) is 13.8 Å². The fourth-order valence-electron chi connectivity index (χ4n) is 2.99. The molecule has 0 radical (unpaired) electrons. The zero-order chi connectivity index (χ0) is 19.0. The zero-order valence-corrected chi connectivity index (χ0v) is 16.5. The minimum absolute atomic E-state index is 0.170. The van der Waals surface area contributed by atoms with Crippen molar-refractivity contribution < 1.29 is 9.21 Å². The molecular formula is C22H17BrN2O2. The van der Waals surface area contributed by atoms with E-state index in [0.29, 0.717) is 11.5 Å². The molecule has 134 valence electrons. The number of rotatable bonds is 3. The van der Waals surface area contributed by atoms with Crippen molar-refractivity contribution in [3.05, 3.63) is 81.8 Å². The Morgan fingerprint density at radius 2 is 1.85 bits per heavy atom. The number of halogens is 1. The second-order valence-corrected chi connectivity index (χ2v) is 7.26. The molecule has 0 saturated carbocycles. The standard InChI is InChI=1S/C22H17BrN2O2/c1-13-10-11-20-19(12-13)25-22(27-20)15-7-5-9-18(14(15)2)24-21(26)16-6-3-4-8-17(16)23/h3-12H,1-2H3,(H,24,26). The molecule has 5 heteroatoms. The summed E-state index contributed by atoms with van der Waals surface area (Å²) in [4.78, 5) is 17.2. The molecule has 3 aromatic carbocycles. The quantitative estimate of drug-likeness (QED) is 0.433. The Bertz CT molecular complexity index is 1160. The second-order valence-electron chi connectivity index (χ2n) is 6.40. The van der Waals surface area contributed by atoms with Crippen LogP contribution in [0.1, 0.15) is 21.5 Å². The summed E-state index contributed by atoms with van der Waals surface area (Å²) in [6.45, 7) is 3.97. The maximum absolute atomic E-state index is 12.6. The molecule has 1 N–H and O–H groups in total. The van der Waals surface area contributed by atoms with E-state index in [9.17, 15) is 4.79 Å². The fraction of sp³-hybridized carbons (Fsp3) is 0.0909. The molecular weight excluding hydrogens is 404 g/mol. The van der Waals surface area contributed by atoms with Crippen LogP contribution in [-0.4, -0.2) is 10.9 Å². The summed E-state index contributed by atoms with van der Waals surface area (Å²) < 4.78 is 6.68. The lowest BCUT2D eigenvalue weighted by Crippen LogP contribution is -2.13. The van der Waals surface area contributed by atoms with Crippen molar-refractivity contribution >= 4 is 38.6 Å². The van der Waals surface area contributed by atoms with E-state index >= 15 is 0 Å². The molecule has 0 fully saturated rings. The highest BCUT2D eigenvalue weighted by Crippen LogP contribution is 2.31. The van der Waals surface area contributed by atoms with E-state index < -0.39 is 0 Å².